The summed E-state index contributed by atoms with van der Waals surface area (Å²) < 4.78 is 6.58. The highest BCUT2D eigenvalue weighted by Gasteiger charge is 2.64. The van der Waals surface area contributed by atoms with Crippen LogP contribution in [0.15, 0.2) is 48.5 Å². The molecule has 296 valence electrons. The standard InChI is InChI=1S/C44H49N6O6P/c1-24-34(12-8-27(20-45)36(24)57)56-42-43(2,3)41(44(42,4)5)47-37(52)26-6-9-30(10-7-26)49-16-14-25(15-17-49)21-48-22-28-18-31-32(19-29(28)23-48)40(55)50(39(31)54)33-11-13-35(51)46-38(33)53/h6-10,12,18-19,25,33,41-42H,11,13-17,21-23,57H2,1-5H3,(H,47,52)(H,46,51,53). The number of amides is 5. The molecule has 4 heterocycles. The van der Waals surface area contributed by atoms with Gasteiger partial charge in [0.25, 0.3) is 17.7 Å². The maximum Gasteiger partial charge on any atom is 0.262 e. The van der Waals surface area contributed by atoms with Gasteiger partial charge in [0.1, 0.15) is 17.9 Å². The summed E-state index contributed by atoms with van der Waals surface area (Å²) in [6.45, 7) is 14.6. The first kappa shape index (κ1) is 38.7. The predicted octanol–water partition coefficient (Wildman–Crippen LogP) is 4.61. The third-order valence-electron chi connectivity index (χ3n) is 13.1. The number of anilines is 1. The molecule has 57 heavy (non-hydrogen) atoms. The van der Waals surface area contributed by atoms with Crippen LogP contribution in [0.25, 0.3) is 0 Å². The normalized spacial score (nSPS) is 24.1. The van der Waals surface area contributed by atoms with Crippen molar-refractivity contribution < 1.29 is 28.7 Å². The van der Waals surface area contributed by atoms with Crippen LogP contribution in [0.4, 0.5) is 5.69 Å². The zero-order valence-electron chi connectivity index (χ0n) is 33.1. The molecule has 2 N–H and O–H groups in total. The van der Waals surface area contributed by atoms with Crippen LogP contribution in [0.2, 0.25) is 0 Å². The van der Waals surface area contributed by atoms with Gasteiger partial charge in [-0.25, -0.2) is 0 Å². The van der Waals surface area contributed by atoms with Crippen molar-refractivity contribution in [2.45, 2.75) is 91.6 Å². The molecule has 13 heteroatoms. The zero-order chi connectivity index (χ0) is 40.6. The minimum absolute atomic E-state index is 0.0956. The van der Waals surface area contributed by atoms with Crippen molar-refractivity contribution in [2.24, 2.45) is 16.7 Å². The summed E-state index contributed by atoms with van der Waals surface area (Å²) in [4.78, 5) is 70.1. The highest BCUT2D eigenvalue weighted by atomic mass is 31.0. The number of ether oxygens (including phenoxy) is 1. The number of imide groups is 2. The zero-order valence-corrected chi connectivity index (χ0v) is 34.3. The molecule has 0 spiro atoms. The Balaban J connectivity index is 0.825. The van der Waals surface area contributed by atoms with E-state index in [9.17, 15) is 29.2 Å². The van der Waals surface area contributed by atoms with Crippen LogP contribution < -0.4 is 25.6 Å². The van der Waals surface area contributed by atoms with Gasteiger partial charge in [-0.05, 0) is 103 Å². The Morgan fingerprint density at radius 2 is 1.54 bits per heavy atom. The number of fused-ring (bicyclic) bond motifs is 2. The van der Waals surface area contributed by atoms with Crippen molar-refractivity contribution in [1.29, 1.82) is 5.26 Å². The number of carbonyl (C=O) groups excluding carboxylic acids is 5. The number of benzene rings is 3. The lowest BCUT2D eigenvalue weighted by Crippen LogP contribution is -2.74. The fraction of sp³-hybridized carbons (Fsp3) is 0.455. The van der Waals surface area contributed by atoms with Gasteiger partial charge in [0.2, 0.25) is 11.8 Å². The van der Waals surface area contributed by atoms with Gasteiger partial charge in [0, 0.05) is 67.3 Å². The molecule has 5 aliphatic rings. The molecular weight excluding hydrogens is 739 g/mol. The van der Waals surface area contributed by atoms with Crippen LogP contribution in [0.3, 0.4) is 0 Å². The summed E-state index contributed by atoms with van der Waals surface area (Å²) in [5.74, 6) is -0.783. The van der Waals surface area contributed by atoms with Crippen LogP contribution in [0, 0.1) is 35.0 Å². The van der Waals surface area contributed by atoms with Gasteiger partial charge in [0.05, 0.1) is 22.8 Å². The highest BCUT2D eigenvalue weighted by Crippen LogP contribution is 2.55. The third-order valence-corrected chi connectivity index (χ3v) is 13.9. The Hall–Kier alpha value is -5.11. The summed E-state index contributed by atoms with van der Waals surface area (Å²) in [6, 6.07) is 16.3. The van der Waals surface area contributed by atoms with Crippen LogP contribution in [0.1, 0.15) is 107 Å². The highest BCUT2D eigenvalue weighted by molar-refractivity contribution is 7.27. The maximum absolute atomic E-state index is 13.6. The number of nitrogens with zero attached hydrogens (tertiary/aromatic N) is 4. The number of nitrogens with one attached hydrogen (secondary N) is 2. The number of carbonyl (C=O) groups is 5. The largest absolute Gasteiger partial charge is 0.489 e. The molecule has 0 bridgehead atoms. The maximum atomic E-state index is 13.6. The van der Waals surface area contributed by atoms with Gasteiger partial charge in [0.15, 0.2) is 0 Å². The quantitative estimate of drug-likeness (QED) is 0.246. The Bertz CT molecular complexity index is 2190. The summed E-state index contributed by atoms with van der Waals surface area (Å²) in [5.41, 5.74) is 5.32. The van der Waals surface area contributed by atoms with E-state index in [1.165, 1.54) is 0 Å². The third kappa shape index (κ3) is 6.69. The average Bonchev–Trinajstić information content (AvgIpc) is 3.69. The smallest absolute Gasteiger partial charge is 0.262 e. The Kier molecular flexibility index (Phi) is 9.77. The van der Waals surface area contributed by atoms with Crippen molar-refractivity contribution in [3.63, 3.8) is 0 Å². The molecule has 2 atom stereocenters. The van der Waals surface area contributed by atoms with E-state index < -0.39 is 23.8 Å². The lowest BCUT2D eigenvalue weighted by atomic mass is 9.49. The lowest BCUT2D eigenvalue weighted by molar-refractivity contribution is -0.164. The molecule has 2 saturated heterocycles. The Labute approximate surface area is 335 Å². The molecule has 1 saturated carbocycles. The van der Waals surface area contributed by atoms with Crippen molar-refractivity contribution >= 4 is 49.8 Å². The molecule has 5 amide bonds. The van der Waals surface area contributed by atoms with Crippen LogP contribution in [-0.2, 0) is 22.7 Å². The minimum atomic E-state index is -0.965. The average molecular weight is 789 g/mol. The van der Waals surface area contributed by atoms with Crippen molar-refractivity contribution in [2.75, 3.05) is 24.5 Å². The van der Waals surface area contributed by atoms with Crippen molar-refractivity contribution in [3.05, 3.63) is 87.5 Å². The van der Waals surface area contributed by atoms with Crippen molar-refractivity contribution in [3.8, 4) is 11.8 Å². The topological polar surface area (TPSA) is 152 Å². The van der Waals surface area contributed by atoms with E-state index in [4.69, 9.17) is 4.74 Å². The van der Waals surface area contributed by atoms with Gasteiger partial charge in [-0.15, -0.1) is 9.24 Å². The SMILES string of the molecule is Cc1c(OC2C(C)(C)C(NC(=O)c3ccc(N4CCC(CN5Cc6cc7c(cc6C5)C(=O)N(C5CCC(=O)NC5=O)C7=O)CC4)cc3)C2(C)C)ccc(C#N)c1P. The molecule has 2 unspecified atom stereocenters. The molecule has 8 rings (SSSR count). The first-order chi connectivity index (χ1) is 27.1. The van der Waals surface area contributed by atoms with E-state index in [0.29, 0.717) is 41.3 Å². The van der Waals surface area contributed by atoms with E-state index in [1.807, 2.05) is 49.4 Å². The second kappa shape index (κ2) is 14.4. The van der Waals surface area contributed by atoms with Gasteiger partial charge in [-0.3, -0.25) is 39.1 Å². The molecule has 1 aliphatic carbocycles. The second-order valence-electron chi connectivity index (χ2n) is 17.6. The monoisotopic (exact) mass is 788 g/mol. The summed E-state index contributed by atoms with van der Waals surface area (Å²) in [5, 5.41) is 15.8. The predicted molar refractivity (Wildman–Crippen MR) is 217 cm³/mol. The molecule has 3 aromatic carbocycles. The van der Waals surface area contributed by atoms with Gasteiger partial charge >= 0.3 is 0 Å². The second-order valence-corrected chi connectivity index (χ2v) is 18.1. The summed E-state index contributed by atoms with van der Waals surface area (Å²) in [6.07, 6.45) is 2.15. The van der Waals surface area contributed by atoms with Gasteiger partial charge in [-0.2, -0.15) is 5.26 Å². The first-order valence-corrected chi connectivity index (χ1v) is 20.4. The Morgan fingerprint density at radius 3 is 2.12 bits per heavy atom. The molecule has 4 aliphatic heterocycles. The molecule has 0 aromatic heterocycles. The Morgan fingerprint density at radius 1 is 0.930 bits per heavy atom. The minimum Gasteiger partial charge on any atom is -0.489 e. The summed E-state index contributed by atoms with van der Waals surface area (Å²) >= 11 is 0. The number of hydrogen-bond donors (Lipinski definition) is 2. The number of nitriles is 1. The van der Waals surface area contributed by atoms with Crippen molar-refractivity contribution in [1.82, 2.24) is 20.4 Å². The molecular formula is C44H49N6O6P. The molecule has 3 aromatic rings. The number of piperidine rings is 2. The fourth-order valence-corrected chi connectivity index (χ4v) is 10.5. The van der Waals surface area contributed by atoms with Crippen LogP contribution in [-0.4, -0.2) is 77.2 Å². The van der Waals surface area contributed by atoms with Crippen LogP contribution in [0.5, 0.6) is 5.75 Å². The van der Waals surface area contributed by atoms with Gasteiger partial charge < -0.3 is 15.0 Å². The summed E-state index contributed by atoms with van der Waals surface area (Å²) in [7, 11) is 2.65. The fourth-order valence-electron chi connectivity index (χ4n) is 10.2. The number of rotatable bonds is 8. The number of hydrogen-bond acceptors (Lipinski definition) is 9. The molecule has 12 nitrogen and oxygen atoms in total. The first-order valence-electron chi connectivity index (χ1n) is 19.8. The van der Waals surface area contributed by atoms with E-state index >= 15 is 0 Å². The lowest BCUT2D eigenvalue weighted by Gasteiger charge is -2.63. The van der Waals surface area contributed by atoms with E-state index in [1.54, 1.807) is 6.07 Å². The van der Waals surface area contributed by atoms with Gasteiger partial charge in [-0.1, -0.05) is 27.7 Å². The molecule has 0 radical (unpaired) electrons. The van der Waals surface area contributed by atoms with E-state index in [0.717, 1.165) is 70.8 Å². The van der Waals surface area contributed by atoms with E-state index in [-0.39, 0.29) is 47.6 Å². The van der Waals surface area contributed by atoms with Crippen LogP contribution >= 0.6 is 9.24 Å². The molecule has 3 fully saturated rings. The van der Waals surface area contributed by atoms with E-state index in [2.05, 4.69) is 63.4 Å².